The van der Waals surface area contributed by atoms with E-state index in [-0.39, 0.29) is 41.6 Å². The number of halogens is 3. The average Bonchev–Trinajstić information content (AvgIpc) is 2.90. The summed E-state index contributed by atoms with van der Waals surface area (Å²) >= 11 is 0. The fraction of sp³-hybridized carbons (Fsp3) is 0.179. The molecule has 12 heteroatoms. The number of aryl methyl sites for hydroxylation is 1. The number of nitrogens with zero attached hydrogens (tertiary/aromatic N) is 3. The molecule has 40 heavy (non-hydrogen) atoms. The number of alkyl halides is 3. The molecular weight excluding hydrogens is 527 g/mol. The van der Waals surface area contributed by atoms with Crippen LogP contribution in [0.5, 0.6) is 0 Å². The van der Waals surface area contributed by atoms with Crippen molar-refractivity contribution in [1.29, 1.82) is 0 Å². The van der Waals surface area contributed by atoms with Gasteiger partial charge >= 0.3 is 6.18 Å². The molecule has 0 unspecified atom stereocenters. The monoisotopic (exact) mass is 551 g/mol. The molecule has 0 saturated heterocycles. The number of anilines is 2. The van der Waals surface area contributed by atoms with Crippen molar-refractivity contribution in [2.45, 2.75) is 26.6 Å². The summed E-state index contributed by atoms with van der Waals surface area (Å²) in [6, 6.07) is 11.6. The average molecular weight is 552 g/mol. The van der Waals surface area contributed by atoms with Gasteiger partial charge in [0, 0.05) is 48.9 Å². The van der Waals surface area contributed by atoms with Crippen LogP contribution in [0.1, 0.15) is 28.5 Å². The highest BCUT2D eigenvalue weighted by atomic mass is 19.4. The number of carbonyl (C=O) groups excluding carboxylic acids is 2. The Morgan fingerprint density at radius 2 is 1.70 bits per heavy atom. The van der Waals surface area contributed by atoms with Gasteiger partial charge in [-0.25, -0.2) is 4.98 Å². The fourth-order valence-corrected chi connectivity index (χ4v) is 4.05. The molecule has 0 aliphatic heterocycles. The Balaban J connectivity index is 1.74. The Labute approximate surface area is 226 Å². The number of benzene rings is 1. The summed E-state index contributed by atoms with van der Waals surface area (Å²) in [4.78, 5) is 44.8. The minimum atomic E-state index is -4.69. The van der Waals surface area contributed by atoms with E-state index in [1.165, 1.54) is 23.8 Å². The molecule has 1 aromatic carbocycles. The third kappa shape index (κ3) is 6.41. The Kier molecular flexibility index (Phi) is 8.10. The standard InChI is InChI=1S/C28H24F3N5O4/c1-16-3-4-21(35-26(39)19-6-7-32-24(12-19)28(29,30)31)14-22(16)20-11-23(27(40)36(15-20)9-10-37)18-5-8-33-25(13-18)34-17(2)38/h3-8,11-15,37H,9-10H2,1-2H3,(H,35,39)(H,33,34,38). The third-order valence-corrected chi connectivity index (χ3v) is 5.92. The molecule has 0 spiro atoms. The second-order valence-electron chi connectivity index (χ2n) is 8.89. The first-order valence-electron chi connectivity index (χ1n) is 12.0. The van der Waals surface area contributed by atoms with Crippen molar-refractivity contribution in [2.75, 3.05) is 17.2 Å². The van der Waals surface area contributed by atoms with Gasteiger partial charge in [-0.15, -0.1) is 0 Å². The SMILES string of the molecule is CC(=O)Nc1cc(-c2cc(-c3cc(NC(=O)c4ccnc(C(F)(F)F)c4)ccc3C)cn(CCO)c2=O)ccn1. The predicted octanol–water partition coefficient (Wildman–Crippen LogP) is 4.50. The van der Waals surface area contributed by atoms with Crippen LogP contribution in [-0.4, -0.2) is 38.1 Å². The number of rotatable bonds is 7. The number of amides is 2. The molecular formula is C28H24F3N5O4. The number of aliphatic hydroxyl groups is 1. The van der Waals surface area contributed by atoms with Crippen LogP contribution in [0.15, 0.2) is 71.9 Å². The molecule has 3 aromatic heterocycles. The predicted molar refractivity (Wildman–Crippen MR) is 143 cm³/mol. The van der Waals surface area contributed by atoms with Gasteiger partial charge in [0.15, 0.2) is 0 Å². The first-order valence-corrected chi connectivity index (χ1v) is 12.0. The van der Waals surface area contributed by atoms with E-state index < -0.39 is 17.8 Å². The van der Waals surface area contributed by atoms with Crippen LogP contribution in [0.2, 0.25) is 0 Å². The summed E-state index contributed by atoms with van der Waals surface area (Å²) in [5.74, 6) is -0.822. The molecule has 0 radical (unpaired) electrons. The molecule has 0 atom stereocenters. The first kappa shape index (κ1) is 28.2. The van der Waals surface area contributed by atoms with Crippen LogP contribution in [0.3, 0.4) is 0 Å². The zero-order valence-electron chi connectivity index (χ0n) is 21.4. The smallest absolute Gasteiger partial charge is 0.395 e. The summed E-state index contributed by atoms with van der Waals surface area (Å²) < 4.78 is 40.5. The summed E-state index contributed by atoms with van der Waals surface area (Å²) in [5.41, 5.74) is 1.31. The van der Waals surface area contributed by atoms with Gasteiger partial charge in [0.1, 0.15) is 11.5 Å². The van der Waals surface area contributed by atoms with E-state index >= 15 is 0 Å². The van der Waals surface area contributed by atoms with Gasteiger partial charge in [0.2, 0.25) is 5.91 Å². The number of carbonyl (C=O) groups is 2. The van der Waals surface area contributed by atoms with Crippen LogP contribution in [0, 0.1) is 6.92 Å². The van der Waals surface area contributed by atoms with Gasteiger partial charge < -0.3 is 20.3 Å². The number of aromatic nitrogens is 3. The molecule has 0 aliphatic carbocycles. The minimum Gasteiger partial charge on any atom is -0.395 e. The van der Waals surface area contributed by atoms with Crippen LogP contribution in [-0.2, 0) is 17.5 Å². The Morgan fingerprint density at radius 3 is 2.40 bits per heavy atom. The molecule has 0 aliphatic rings. The van der Waals surface area contributed by atoms with Crippen molar-refractivity contribution in [2.24, 2.45) is 0 Å². The second kappa shape index (κ2) is 11.5. The van der Waals surface area contributed by atoms with E-state index in [0.29, 0.717) is 28.4 Å². The number of aliphatic hydroxyl groups excluding tert-OH is 1. The molecule has 4 aromatic rings. The van der Waals surface area contributed by atoms with E-state index in [9.17, 15) is 32.7 Å². The molecule has 9 nitrogen and oxygen atoms in total. The van der Waals surface area contributed by atoms with Gasteiger partial charge in [-0.2, -0.15) is 13.2 Å². The zero-order chi connectivity index (χ0) is 29.0. The largest absolute Gasteiger partial charge is 0.433 e. The molecule has 0 saturated carbocycles. The van der Waals surface area contributed by atoms with Crippen molar-refractivity contribution < 1.29 is 27.9 Å². The van der Waals surface area contributed by atoms with Gasteiger partial charge in [0.05, 0.1) is 6.61 Å². The maximum absolute atomic E-state index is 13.2. The fourth-order valence-electron chi connectivity index (χ4n) is 4.05. The van der Waals surface area contributed by atoms with Gasteiger partial charge in [-0.3, -0.25) is 19.4 Å². The van der Waals surface area contributed by atoms with E-state index in [1.807, 2.05) is 6.92 Å². The van der Waals surface area contributed by atoms with E-state index in [0.717, 1.165) is 11.8 Å². The maximum atomic E-state index is 13.2. The number of hydrogen-bond donors (Lipinski definition) is 3. The number of pyridine rings is 3. The van der Waals surface area contributed by atoms with Crippen LogP contribution in [0.4, 0.5) is 24.7 Å². The highest BCUT2D eigenvalue weighted by molar-refractivity contribution is 6.04. The van der Waals surface area contributed by atoms with Crippen molar-refractivity contribution in [1.82, 2.24) is 14.5 Å². The zero-order valence-corrected chi connectivity index (χ0v) is 21.4. The molecule has 3 heterocycles. The van der Waals surface area contributed by atoms with E-state index in [1.54, 1.807) is 42.6 Å². The van der Waals surface area contributed by atoms with Gasteiger partial charge in [0.25, 0.3) is 11.5 Å². The summed E-state index contributed by atoms with van der Waals surface area (Å²) in [5, 5.41) is 14.7. The molecule has 4 rings (SSSR count). The highest BCUT2D eigenvalue weighted by Crippen LogP contribution is 2.31. The van der Waals surface area contributed by atoms with Gasteiger partial charge in [-0.1, -0.05) is 6.07 Å². The Hall–Kier alpha value is -4.84. The van der Waals surface area contributed by atoms with Crippen LogP contribution in [0.25, 0.3) is 22.3 Å². The number of nitrogens with one attached hydrogen (secondary N) is 2. The number of hydrogen-bond acceptors (Lipinski definition) is 6. The van der Waals surface area contributed by atoms with Crippen molar-refractivity contribution in [3.05, 3.63) is 94.3 Å². The lowest BCUT2D eigenvalue weighted by atomic mass is 9.98. The van der Waals surface area contributed by atoms with Crippen molar-refractivity contribution in [3.63, 3.8) is 0 Å². The quantitative estimate of drug-likeness (QED) is 0.311. The van der Waals surface area contributed by atoms with E-state index in [4.69, 9.17) is 0 Å². The first-order chi connectivity index (χ1) is 19.0. The summed E-state index contributed by atoms with van der Waals surface area (Å²) in [6.45, 7) is 2.88. The second-order valence-corrected chi connectivity index (χ2v) is 8.89. The van der Waals surface area contributed by atoms with E-state index in [2.05, 4.69) is 20.6 Å². The normalized spacial score (nSPS) is 11.2. The topological polar surface area (TPSA) is 126 Å². The lowest BCUT2D eigenvalue weighted by Gasteiger charge is -2.15. The maximum Gasteiger partial charge on any atom is 0.433 e. The molecule has 2 amide bonds. The lowest BCUT2D eigenvalue weighted by Crippen LogP contribution is -2.23. The minimum absolute atomic E-state index is 0.0162. The highest BCUT2D eigenvalue weighted by Gasteiger charge is 2.33. The molecule has 0 bridgehead atoms. The molecule has 206 valence electrons. The summed E-state index contributed by atoms with van der Waals surface area (Å²) in [6.07, 6.45) is -0.751. The van der Waals surface area contributed by atoms with Crippen molar-refractivity contribution >= 4 is 23.3 Å². The molecule has 0 fully saturated rings. The lowest BCUT2D eigenvalue weighted by molar-refractivity contribution is -0.141. The Bertz CT molecular complexity index is 1650. The third-order valence-electron chi connectivity index (χ3n) is 5.92. The Morgan fingerprint density at radius 1 is 0.950 bits per heavy atom. The van der Waals surface area contributed by atoms with Crippen LogP contribution < -0.4 is 16.2 Å². The van der Waals surface area contributed by atoms with Crippen molar-refractivity contribution in [3.8, 4) is 22.3 Å². The summed E-state index contributed by atoms with van der Waals surface area (Å²) in [7, 11) is 0. The molecule has 3 N–H and O–H groups in total. The van der Waals surface area contributed by atoms with Gasteiger partial charge in [-0.05, 0) is 71.6 Å². The van der Waals surface area contributed by atoms with Crippen LogP contribution >= 0.6 is 0 Å².